The highest BCUT2D eigenvalue weighted by Crippen LogP contribution is 2.36. The lowest BCUT2D eigenvalue weighted by Gasteiger charge is -2.41. The van der Waals surface area contributed by atoms with Gasteiger partial charge in [0.2, 0.25) is 5.91 Å². The molecule has 0 bridgehead atoms. The van der Waals surface area contributed by atoms with Crippen LogP contribution in [0.2, 0.25) is 0 Å². The molecule has 0 fully saturated rings. The predicted molar refractivity (Wildman–Crippen MR) is 107 cm³/mol. The van der Waals surface area contributed by atoms with Crippen molar-refractivity contribution in [2.45, 2.75) is 48.9 Å². The molecule has 0 spiro atoms. The number of nitrogens with one attached hydrogen (secondary N) is 1. The topological polar surface area (TPSA) is 32.3 Å². The molecule has 1 atom stereocenters. The first-order chi connectivity index (χ1) is 12.5. The van der Waals surface area contributed by atoms with E-state index in [-0.39, 0.29) is 16.7 Å². The van der Waals surface area contributed by atoms with Crippen LogP contribution in [0.15, 0.2) is 53.4 Å². The highest BCUT2D eigenvalue weighted by Gasteiger charge is 2.32. The second-order valence-electron chi connectivity index (χ2n) is 7.89. The number of carbonyl (C=O) groups excluding carboxylic acids is 1. The van der Waals surface area contributed by atoms with Crippen molar-refractivity contribution in [1.82, 2.24) is 10.2 Å². The second kappa shape index (κ2) is 7.09. The first kappa shape index (κ1) is 17.6. The SMILES string of the molecule is CC(C)(CNC(=O)C1Cc2ccccc2S1)N1CCc2ccccc2C1. The smallest absolute Gasteiger partial charge is 0.233 e. The average Bonchev–Trinajstić information content (AvgIpc) is 3.10. The summed E-state index contributed by atoms with van der Waals surface area (Å²) in [7, 11) is 0. The summed E-state index contributed by atoms with van der Waals surface area (Å²) in [4.78, 5) is 16.4. The van der Waals surface area contributed by atoms with Crippen molar-refractivity contribution in [2.24, 2.45) is 0 Å². The van der Waals surface area contributed by atoms with Crippen LogP contribution in [0.25, 0.3) is 0 Å². The highest BCUT2D eigenvalue weighted by molar-refractivity contribution is 8.01. The minimum atomic E-state index is -0.0562. The Hall–Kier alpha value is -1.78. The third-order valence-electron chi connectivity index (χ3n) is 5.62. The Bertz CT molecular complexity index is 792. The number of nitrogens with zero attached hydrogens (tertiary/aromatic N) is 1. The third kappa shape index (κ3) is 3.53. The minimum absolute atomic E-state index is 0.00489. The molecule has 0 aromatic heterocycles. The summed E-state index contributed by atoms with van der Waals surface area (Å²) in [5.74, 6) is 0.164. The van der Waals surface area contributed by atoms with E-state index in [0.717, 1.165) is 25.9 Å². The Morgan fingerprint density at radius 1 is 1.12 bits per heavy atom. The van der Waals surface area contributed by atoms with Gasteiger partial charge in [-0.1, -0.05) is 42.5 Å². The van der Waals surface area contributed by atoms with Gasteiger partial charge in [-0.2, -0.15) is 0 Å². The van der Waals surface area contributed by atoms with Gasteiger partial charge in [0.25, 0.3) is 0 Å². The fourth-order valence-electron chi connectivity index (χ4n) is 3.87. The fraction of sp³-hybridized carbons (Fsp3) is 0.409. The molecular formula is C22H26N2OS. The number of carbonyl (C=O) groups is 1. The largest absolute Gasteiger partial charge is 0.353 e. The summed E-state index contributed by atoms with van der Waals surface area (Å²) in [6.07, 6.45) is 1.92. The van der Waals surface area contributed by atoms with Crippen LogP contribution in [0.5, 0.6) is 0 Å². The number of amides is 1. The number of thioether (sulfide) groups is 1. The number of benzene rings is 2. The summed E-state index contributed by atoms with van der Waals surface area (Å²) in [5.41, 5.74) is 4.12. The number of fused-ring (bicyclic) bond motifs is 2. The lowest BCUT2D eigenvalue weighted by atomic mass is 9.94. The van der Waals surface area contributed by atoms with Crippen LogP contribution in [0.3, 0.4) is 0 Å². The monoisotopic (exact) mass is 366 g/mol. The van der Waals surface area contributed by atoms with Crippen molar-refractivity contribution in [3.05, 3.63) is 65.2 Å². The highest BCUT2D eigenvalue weighted by atomic mass is 32.2. The van der Waals surface area contributed by atoms with Crippen molar-refractivity contribution in [1.29, 1.82) is 0 Å². The quantitative estimate of drug-likeness (QED) is 0.896. The summed E-state index contributed by atoms with van der Waals surface area (Å²) >= 11 is 1.70. The van der Waals surface area contributed by atoms with Crippen LogP contribution < -0.4 is 5.32 Å². The van der Waals surface area contributed by atoms with E-state index in [1.807, 2.05) is 6.07 Å². The van der Waals surface area contributed by atoms with Gasteiger partial charge in [0, 0.05) is 30.1 Å². The van der Waals surface area contributed by atoms with E-state index in [2.05, 4.69) is 66.5 Å². The van der Waals surface area contributed by atoms with E-state index < -0.39 is 0 Å². The Morgan fingerprint density at radius 3 is 2.58 bits per heavy atom. The second-order valence-corrected chi connectivity index (χ2v) is 9.13. The maximum Gasteiger partial charge on any atom is 0.233 e. The molecule has 0 aliphatic carbocycles. The van der Waals surface area contributed by atoms with E-state index >= 15 is 0 Å². The summed E-state index contributed by atoms with van der Waals surface area (Å²) in [5, 5.41) is 3.22. The van der Waals surface area contributed by atoms with E-state index in [0.29, 0.717) is 6.54 Å². The molecule has 2 aromatic carbocycles. The number of rotatable bonds is 4. The van der Waals surface area contributed by atoms with Gasteiger partial charge in [-0.25, -0.2) is 0 Å². The van der Waals surface area contributed by atoms with Crippen LogP contribution in [-0.4, -0.2) is 34.7 Å². The van der Waals surface area contributed by atoms with Gasteiger partial charge >= 0.3 is 0 Å². The maximum atomic E-state index is 12.7. The van der Waals surface area contributed by atoms with Gasteiger partial charge in [0.05, 0.1) is 5.25 Å². The Morgan fingerprint density at radius 2 is 1.81 bits per heavy atom. The number of hydrogen-bond acceptors (Lipinski definition) is 3. The molecule has 2 aromatic rings. The molecule has 0 radical (unpaired) electrons. The van der Waals surface area contributed by atoms with Crippen molar-refractivity contribution < 1.29 is 4.79 Å². The molecule has 2 heterocycles. The van der Waals surface area contributed by atoms with Gasteiger partial charge < -0.3 is 5.32 Å². The van der Waals surface area contributed by atoms with Gasteiger partial charge in [0.1, 0.15) is 0 Å². The first-order valence-electron chi connectivity index (χ1n) is 9.37. The van der Waals surface area contributed by atoms with E-state index in [4.69, 9.17) is 0 Å². The Kier molecular flexibility index (Phi) is 4.80. The van der Waals surface area contributed by atoms with Gasteiger partial charge in [-0.05, 0) is 49.4 Å². The summed E-state index contributed by atoms with van der Waals surface area (Å²) < 4.78 is 0. The molecule has 2 aliphatic heterocycles. The van der Waals surface area contributed by atoms with Crippen molar-refractivity contribution >= 4 is 17.7 Å². The molecule has 26 heavy (non-hydrogen) atoms. The average molecular weight is 367 g/mol. The van der Waals surface area contributed by atoms with Crippen molar-refractivity contribution in [2.75, 3.05) is 13.1 Å². The Balaban J connectivity index is 1.35. The van der Waals surface area contributed by atoms with E-state index in [9.17, 15) is 4.79 Å². The molecule has 3 nitrogen and oxygen atoms in total. The number of hydrogen-bond donors (Lipinski definition) is 1. The maximum absolute atomic E-state index is 12.7. The summed E-state index contributed by atoms with van der Waals surface area (Å²) in [6, 6.07) is 17.0. The minimum Gasteiger partial charge on any atom is -0.353 e. The molecule has 1 N–H and O–H groups in total. The van der Waals surface area contributed by atoms with Crippen molar-refractivity contribution in [3.63, 3.8) is 0 Å². The van der Waals surface area contributed by atoms with Crippen LogP contribution in [0, 0.1) is 0 Å². The summed E-state index contributed by atoms with van der Waals surface area (Å²) in [6.45, 7) is 7.16. The van der Waals surface area contributed by atoms with Crippen LogP contribution in [0.4, 0.5) is 0 Å². The van der Waals surface area contributed by atoms with Crippen LogP contribution in [0.1, 0.15) is 30.5 Å². The fourth-order valence-corrected chi connectivity index (χ4v) is 5.09. The van der Waals surface area contributed by atoms with Gasteiger partial charge in [0.15, 0.2) is 0 Å². The molecule has 1 amide bonds. The molecule has 136 valence electrons. The molecule has 4 heteroatoms. The van der Waals surface area contributed by atoms with E-state index in [1.54, 1.807) is 11.8 Å². The molecule has 1 unspecified atom stereocenters. The zero-order chi connectivity index (χ0) is 18.1. The van der Waals surface area contributed by atoms with E-state index in [1.165, 1.54) is 21.6 Å². The normalized spacial score (nSPS) is 19.7. The predicted octanol–water partition coefficient (Wildman–Crippen LogP) is 3.66. The van der Waals surface area contributed by atoms with Crippen LogP contribution >= 0.6 is 11.8 Å². The van der Waals surface area contributed by atoms with Crippen LogP contribution in [-0.2, 0) is 24.2 Å². The lowest BCUT2D eigenvalue weighted by Crippen LogP contribution is -2.54. The van der Waals surface area contributed by atoms with Gasteiger partial charge in [-0.3, -0.25) is 9.69 Å². The zero-order valence-corrected chi connectivity index (χ0v) is 16.3. The first-order valence-corrected chi connectivity index (χ1v) is 10.2. The molecular weight excluding hydrogens is 340 g/mol. The Labute approximate surface area is 160 Å². The standard InChI is InChI=1S/C22H26N2OS/c1-22(2,24-12-11-16-7-3-4-9-18(16)14-24)15-23-21(25)20-13-17-8-5-6-10-19(17)26-20/h3-10,20H,11-15H2,1-2H3,(H,23,25). The molecule has 4 rings (SSSR count). The third-order valence-corrected chi connectivity index (χ3v) is 6.94. The van der Waals surface area contributed by atoms with Gasteiger partial charge in [-0.15, -0.1) is 11.8 Å². The molecule has 2 aliphatic rings. The zero-order valence-electron chi connectivity index (χ0n) is 15.5. The molecule has 0 saturated heterocycles. The van der Waals surface area contributed by atoms with Crippen molar-refractivity contribution in [3.8, 4) is 0 Å². The lowest BCUT2D eigenvalue weighted by molar-refractivity contribution is -0.121. The molecule has 0 saturated carbocycles.